The monoisotopic (exact) mass is 340 g/mol. The second kappa shape index (κ2) is 5.61. The van der Waals surface area contributed by atoms with Crippen LogP contribution in [0.15, 0.2) is 24.3 Å². The predicted octanol–water partition coefficient (Wildman–Crippen LogP) is 2.99. The van der Waals surface area contributed by atoms with E-state index in [4.69, 9.17) is 4.74 Å². The quantitative estimate of drug-likeness (QED) is 0.855. The summed E-state index contributed by atoms with van der Waals surface area (Å²) in [6, 6.07) is 8.19. The third-order valence-corrected chi connectivity index (χ3v) is 5.99. The molecule has 1 amide bonds. The van der Waals surface area contributed by atoms with Crippen LogP contribution in [0.5, 0.6) is 0 Å². The number of nitrogens with zero attached hydrogens (tertiary/aromatic N) is 1. The molecule has 0 radical (unpaired) electrons. The minimum Gasteiger partial charge on any atom is -0.466 e. The molecule has 3 atom stereocenters. The SMILES string of the molecule is CCOC(=O)[C@H]1C[C@H](C)C(=O)N2CCc3c([nH]c4ccccc34)[C@]12C. The Labute approximate surface area is 147 Å². The summed E-state index contributed by atoms with van der Waals surface area (Å²) in [5.41, 5.74) is 2.61. The minimum absolute atomic E-state index is 0.132. The predicted molar refractivity (Wildman–Crippen MR) is 95.0 cm³/mol. The van der Waals surface area contributed by atoms with Crippen LogP contribution in [0.1, 0.15) is 38.4 Å². The Morgan fingerprint density at radius 1 is 1.40 bits per heavy atom. The molecule has 1 aromatic heterocycles. The second-order valence-corrected chi connectivity index (χ2v) is 7.35. The maximum atomic E-state index is 12.9. The molecular formula is C20H24N2O3. The molecule has 132 valence electrons. The zero-order chi connectivity index (χ0) is 17.8. The maximum absolute atomic E-state index is 12.9. The van der Waals surface area contributed by atoms with Crippen LogP contribution in [-0.2, 0) is 26.3 Å². The van der Waals surface area contributed by atoms with Gasteiger partial charge in [0.05, 0.1) is 18.1 Å². The number of hydrogen-bond donors (Lipinski definition) is 1. The fourth-order valence-corrected chi connectivity index (χ4v) is 4.70. The molecule has 0 unspecified atom stereocenters. The summed E-state index contributed by atoms with van der Waals surface area (Å²) in [5, 5.41) is 1.19. The molecule has 0 aliphatic carbocycles. The Morgan fingerprint density at radius 3 is 2.92 bits per heavy atom. The molecule has 2 aliphatic rings. The van der Waals surface area contributed by atoms with Gasteiger partial charge in [-0.05, 0) is 38.3 Å². The lowest BCUT2D eigenvalue weighted by molar-refractivity contribution is -0.169. The van der Waals surface area contributed by atoms with Crippen LogP contribution in [0.3, 0.4) is 0 Å². The zero-order valence-corrected chi connectivity index (χ0v) is 15.0. The molecule has 5 nitrogen and oxygen atoms in total. The number of ether oxygens (including phenoxy) is 1. The van der Waals surface area contributed by atoms with E-state index >= 15 is 0 Å². The van der Waals surface area contributed by atoms with E-state index in [1.54, 1.807) is 0 Å². The molecular weight excluding hydrogens is 316 g/mol. The van der Waals surface area contributed by atoms with Crippen LogP contribution < -0.4 is 0 Å². The standard InChI is InChI=1S/C20H24N2O3/c1-4-25-19(24)15-11-12(2)18(23)22-10-9-14-13-7-5-6-8-16(13)21-17(14)20(15,22)3/h5-8,12,15,21H,4,9-11H2,1-3H3/t12-,15+,20-/m0/s1. The molecule has 3 heterocycles. The van der Waals surface area contributed by atoms with Crippen molar-refractivity contribution in [3.8, 4) is 0 Å². The number of amides is 1. The number of para-hydroxylation sites is 1. The lowest BCUT2D eigenvalue weighted by Gasteiger charge is -2.52. The fourth-order valence-electron chi connectivity index (χ4n) is 4.70. The van der Waals surface area contributed by atoms with E-state index in [0.717, 1.165) is 17.6 Å². The van der Waals surface area contributed by atoms with E-state index in [2.05, 4.69) is 11.1 Å². The third kappa shape index (κ3) is 2.14. The number of carbonyl (C=O) groups excluding carboxylic acids is 2. The van der Waals surface area contributed by atoms with Gasteiger partial charge in [-0.25, -0.2) is 0 Å². The first-order valence-electron chi connectivity index (χ1n) is 9.06. The van der Waals surface area contributed by atoms with Crippen molar-refractivity contribution >= 4 is 22.8 Å². The number of piperidine rings is 1. The number of rotatable bonds is 2. The van der Waals surface area contributed by atoms with Crippen molar-refractivity contribution in [1.82, 2.24) is 9.88 Å². The molecule has 2 aromatic rings. The van der Waals surface area contributed by atoms with Crippen molar-refractivity contribution in [2.24, 2.45) is 11.8 Å². The molecule has 0 saturated carbocycles. The van der Waals surface area contributed by atoms with Crippen LogP contribution >= 0.6 is 0 Å². The van der Waals surface area contributed by atoms with E-state index in [1.807, 2.05) is 43.9 Å². The molecule has 1 fully saturated rings. The van der Waals surface area contributed by atoms with Gasteiger partial charge in [0.15, 0.2) is 0 Å². The van der Waals surface area contributed by atoms with Gasteiger partial charge in [0.25, 0.3) is 0 Å². The van der Waals surface area contributed by atoms with Gasteiger partial charge in [0, 0.05) is 29.1 Å². The van der Waals surface area contributed by atoms with Crippen LogP contribution in [0.4, 0.5) is 0 Å². The highest BCUT2D eigenvalue weighted by atomic mass is 16.5. The van der Waals surface area contributed by atoms with Gasteiger partial charge >= 0.3 is 5.97 Å². The van der Waals surface area contributed by atoms with Gasteiger partial charge < -0.3 is 14.6 Å². The summed E-state index contributed by atoms with van der Waals surface area (Å²) in [7, 11) is 0. The Morgan fingerprint density at radius 2 is 2.16 bits per heavy atom. The summed E-state index contributed by atoms with van der Waals surface area (Å²) in [6.07, 6.45) is 1.34. The summed E-state index contributed by atoms with van der Waals surface area (Å²) < 4.78 is 5.38. The number of aromatic nitrogens is 1. The summed E-state index contributed by atoms with van der Waals surface area (Å²) in [4.78, 5) is 31.1. The number of carbonyl (C=O) groups is 2. The topological polar surface area (TPSA) is 62.4 Å². The highest BCUT2D eigenvalue weighted by Crippen LogP contribution is 2.49. The molecule has 2 aliphatic heterocycles. The van der Waals surface area contributed by atoms with Gasteiger partial charge in [-0.3, -0.25) is 9.59 Å². The van der Waals surface area contributed by atoms with Gasteiger partial charge in [-0.1, -0.05) is 25.1 Å². The van der Waals surface area contributed by atoms with Crippen molar-refractivity contribution in [3.05, 3.63) is 35.5 Å². The van der Waals surface area contributed by atoms with Gasteiger partial charge in [0.2, 0.25) is 5.91 Å². The fraction of sp³-hybridized carbons (Fsp3) is 0.500. The number of aromatic amines is 1. The van der Waals surface area contributed by atoms with Crippen molar-refractivity contribution < 1.29 is 14.3 Å². The van der Waals surface area contributed by atoms with E-state index in [0.29, 0.717) is 19.6 Å². The number of H-pyrrole nitrogens is 1. The number of esters is 1. The first kappa shape index (κ1) is 16.2. The van der Waals surface area contributed by atoms with Crippen molar-refractivity contribution in [1.29, 1.82) is 0 Å². The minimum atomic E-state index is -0.678. The zero-order valence-electron chi connectivity index (χ0n) is 15.0. The first-order chi connectivity index (χ1) is 12.0. The van der Waals surface area contributed by atoms with Gasteiger partial charge in [0.1, 0.15) is 0 Å². The number of benzene rings is 1. The summed E-state index contributed by atoms with van der Waals surface area (Å²) in [5.74, 6) is -0.589. The van der Waals surface area contributed by atoms with E-state index < -0.39 is 5.54 Å². The summed E-state index contributed by atoms with van der Waals surface area (Å²) >= 11 is 0. The molecule has 0 bridgehead atoms. The third-order valence-electron chi connectivity index (χ3n) is 5.99. The lowest BCUT2D eigenvalue weighted by atomic mass is 9.69. The first-order valence-corrected chi connectivity index (χ1v) is 9.06. The van der Waals surface area contributed by atoms with E-state index in [1.165, 1.54) is 10.9 Å². The molecule has 5 heteroatoms. The summed E-state index contributed by atoms with van der Waals surface area (Å²) in [6.45, 7) is 6.75. The van der Waals surface area contributed by atoms with Crippen LogP contribution in [0.25, 0.3) is 10.9 Å². The largest absolute Gasteiger partial charge is 0.466 e. The molecule has 25 heavy (non-hydrogen) atoms. The van der Waals surface area contributed by atoms with Crippen LogP contribution in [-0.4, -0.2) is 34.9 Å². The Kier molecular flexibility index (Phi) is 3.63. The lowest BCUT2D eigenvalue weighted by Crippen LogP contribution is -2.62. The smallest absolute Gasteiger partial charge is 0.311 e. The highest BCUT2D eigenvalue weighted by molar-refractivity contribution is 5.89. The normalized spacial score (nSPS) is 28.6. The average Bonchev–Trinajstić information content (AvgIpc) is 2.98. The molecule has 0 spiro atoms. The Bertz CT molecular complexity index is 856. The van der Waals surface area contributed by atoms with E-state index in [9.17, 15) is 9.59 Å². The second-order valence-electron chi connectivity index (χ2n) is 7.35. The van der Waals surface area contributed by atoms with Crippen LogP contribution in [0.2, 0.25) is 0 Å². The van der Waals surface area contributed by atoms with Crippen molar-refractivity contribution in [2.75, 3.05) is 13.2 Å². The molecule has 1 aromatic carbocycles. The number of hydrogen-bond acceptors (Lipinski definition) is 3. The molecule has 1 N–H and O–H groups in total. The van der Waals surface area contributed by atoms with Crippen molar-refractivity contribution in [2.45, 2.75) is 39.2 Å². The van der Waals surface area contributed by atoms with Crippen LogP contribution in [0, 0.1) is 11.8 Å². The molecule has 4 rings (SSSR count). The Balaban J connectivity index is 1.91. The van der Waals surface area contributed by atoms with Gasteiger partial charge in [-0.15, -0.1) is 0 Å². The maximum Gasteiger partial charge on any atom is 0.311 e. The van der Waals surface area contributed by atoms with Crippen molar-refractivity contribution in [3.63, 3.8) is 0 Å². The highest BCUT2D eigenvalue weighted by Gasteiger charge is 2.56. The average molecular weight is 340 g/mol. The Hall–Kier alpha value is -2.30. The molecule has 1 saturated heterocycles. The number of nitrogens with one attached hydrogen (secondary N) is 1. The number of fused-ring (bicyclic) bond motifs is 5. The van der Waals surface area contributed by atoms with Gasteiger partial charge in [-0.2, -0.15) is 0 Å². The van der Waals surface area contributed by atoms with E-state index in [-0.39, 0.29) is 23.7 Å².